The maximum atomic E-state index is 12.8. The number of hydrogen-bond donors (Lipinski definition) is 0. The molecule has 2 heterocycles. The molecule has 1 aromatic carbocycles. The smallest absolute Gasteiger partial charge is 0.228 e. The lowest BCUT2D eigenvalue weighted by atomic mass is 9.92. The summed E-state index contributed by atoms with van der Waals surface area (Å²) in [6.45, 7) is 3.87. The molecule has 2 amide bonds. The van der Waals surface area contributed by atoms with Crippen LogP contribution in [0.3, 0.4) is 0 Å². The highest BCUT2D eigenvalue weighted by atomic mass is 16.2. The minimum atomic E-state index is -0.124. The zero-order chi connectivity index (χ0) is 16.5. The quantitative estimate of drug-likeness (QED) is 0.849. The summed E-state index contributed by atoms with van der Waals surface area (Å²) in [5, 5.41) is 0. The SMILES string of the molecule is O=C(C1CC(=O)N(C2CCC2)C1)N1CCN(c2ccccc2)CC1. The van der Waals surface area contributed by atoms with Gasteiger partial charge in [0.15, 0.2) is 0 Å². The highest BCUT2D eigenvalue weighted by molar-refractivity contribution is 5.89. The van der Waals surface area contributed by atoms with Crippen LogP contribution in [0.5, 0.6) is 0 Å². The number of carbonyl (C=O) groups excluding carboxylic acids is 2. The highest BCUT2D eigenvalue weighted by Gasteiger charge is 2.41. The zero-order valence-corrected chi connectivity index (χ0v) is 14.1. The van der Waals surface area contributed by atoms with E-state index >= 15 is 0 Å². The maximum absolute atomic E-state index is 12.8. The van der Waals surface area contributed by atoms with Crippen LogP contribution in [0.1, 0.15) is 25.7 Å². The van der Waals surface area contributed by atoms with Gasteiger partial charge in [0.1, 0.15) is 0 Å². The van der Waals surface area contributed by atoms with Crippen molar-refractivity contribution in [2.24, 2.45) is 5.92 Å². The molecule has 0 bridgehead atoms. The van der Waals surface area contributed by atoms with Crippen LogP contribution >= 0.6 is 0 Å². The van der Waals surface area contributed by atoms with E-state index in [1.54, 1.807) is 0 Å². The van der Waals surface area contributed by atoms with Crippen molar-refractivity contribution in [3.8, 4) is 0 Å². The second-order valence-electron chi connectivity index (χ2n) is 7.18. The molecule has 3 fully saturated rings. The van der Waals surface area contributed by atoms with E-state index in [1.807, 2.05) is 28.0 Å². The zero-order valence-electron chi connectivity index (χ0n) is 14.1. The number of para-hydroxylation sites is 1. The summed E-state index contributed by atoms with van der Waals surface area (Å²) in [6.07, 6.45) is 3.85. The van der Waals surface area contributed by atoms with Crippen LogP contribution < -0.4 is 4.90 Å². The van der Waals surface area contributed by atoms with Crippen LogP contribution in [0.4, 0.5) is 5.69 Å². The average Bonchev–Trinajstić information content (AvgIpc) is 2.95. The predicted octanol–water partition coefficient (Wildman–Crippen LogP) is 1.74. The Labute approximate surface area is 143 Å². The molecule has 5 heteroatoms. The fraction of sp³-hybridized carbons (Fsp3) is 0.579. The Balaban J connectivity index is 1.32. The second kappa shape index (κ2) is 6.46. The van der Waals surface area contributed by atoms with Crippen LogP contribution in [0.2, 0.25) is 0 Å². The number of piperazine rings is 1. The Morgan fingerprint density at radius 3 is 2.33 bits per heavy atom. The summed E-state index contributed by atoms with van der Waals surface area (Å²) in [5.74, 6) is 0.236. The first-order valence-corrected chi connectivity index (χ1v) is 9.10. The standard InChI is InChI=1S/C19H25N3O2/c23-18-13-15(14-22(18)17-7-4-8-17)19(24)21-11-9-20(10-12-21)16-5-2-1-3-6-16/h1-3,5-6,15,17H,4,7-14H2. The van der Waals surface area contributed by atoms with Crippen molar-refractivity contribution in [2.75, 3.05) is 37.6 Å². The first kappa shape index (κ1) is 15.5. The van der Waals surface area contributed by atoms with Crippen molar-refractivity contribution in [3.05, 3.63) is 30.3 Å². The number of likely N-dealkylation sites (tertiary alicyclic amines) is 1. The molecule has 1 unspecified atom stereocenters. The largest absolute Gasteiger partial charge is 0.368 e. The minimum Gasteiger partial charge on any atom is -0.368 e. The molecule has 1 aliphatic carbocycles. The number of hydrogen-bond acceptors (Lipinski definition) is 3. The fourth-order valence-corrected chi connectivity index (χ4v) is 4.03. The molecule has 1 atom stereocenters. The van der Waals surface area contributed by atoms with E-state index in [2.05, 4.69) is 17.0 Å². The van der Waals surface area contributed by atoms with E-state index in [0.717, 1.165) is 39.0 Å². The molecule has 1 aromatic rings. The van der Waals surface area contributed by atoms with E-state index in [0.29, 0.717) is 19.0 Å². The monoisotopic (exact) mass is 327 g/mol. The van der Waals surface area contributed by atoms with E-state index in [4.69, 9.17) is 0 Å². The number of carbonyl (C=O) groups is 2. The maximum Gasteiger partial charge on any atom is 0.228 e. The Bertz CT molecular complexity index is 606. The van der Waals surface area contributed by atoms with Crippen LogP contribution in [0.25, 0.3) is 0 Å². The van der Waals surface area contributed by atoms with E-state index in [1.165, 1.54) is 12.1 Å². The van der Waals surface area contributed by atoms with Crippen LogP contribution in [0, 0.1) is 5.92 Å². The third-order valence-corrected chi connectivity index (χ3v) is 5.74. The number of benzene rings is 1. The summed E-state index contributed by atoms with van der Waals surface area (Å²) < 4.78 is 0. The molecule has 4 rings (SSSR count). The van der Waals surface area contributed by atoms with Gasteiger partial charge in [-0.2, -0.15) is 0 Å². The lowest BCUT2D eigenvalue weighted by Gasteiger charge is -2.37. The third kappa shape index (κ3) is 2.87. The molecule has 3 aliphatic rings. The van der Waals surface area contributed by atoms with Gasteiger partial charge >= 0.3 is 0 Å². The van der Waals surface area contributed by atoms with Gasteiger partial charge in [0, 0.05) is 50.9 Å². The summed E-state index contributed by atoms with van der Waals surface area (Å²) in [4.78, 5) is 31.2. The topological polar surface area (TPSA) is 43.9 Å². The average molecular weight is 327 g/mol. The Morgan fingerprint density at radius 2 is 1.71 bits per heavy atom. The minimum absolute atomic E-state index is 0.124. The number of amides is 2. The van der Waals surface area contributed by atoms with Crippen molar-refractivity contribution in [2.45, 2.75) is 31.7 Å². The summed E-state index contributed by atoms with van der Waals surface area (Å²) in [6, 6.07) is 10.8. The van der Waals surface area contributed by atoms with Crippen LogP contribution in [-0.2, 0) is 9.59 Å². The summed E-state index contributed by atoms with van der Waals surface area (Å²) in [7, 11) is 0. The van der Waals surface area contributed by atoms with Crippen molar-refractivity contribution < 1.29 is 9.59 Å². The Morgan fingerprint density at radius 1 is 1.00 bits per heavy atom. The van der Waals surface area contributed by atoms with Crippen molar-refractivity contribution in [1.82, 2.24) is 9.80 Å². The lowest BCUT2D eigenvalue weighted by molar-refractivity contribution is -0.136. The lowest BCUT2D eigenvalue weighted by Crippen LogP contribution is -2.51. The highest BCUT2D eigenvalue weighted by Crippen LogP contribution is 2.31. The molecule has 0 spiro atoms. The fourth-order valence-electron chi connectivity index (χ4n) is 4.03. The van der Waals surface area contributed by atoms with Gasteiger partial charge in [0.2, 0.25) is 11.8 Å². The van der Waals surface area contributed by atoms with E-state index in [-0.39, 0.29) is 17.7 Å². The summed E-state index contributed by atoms with van der Waals surface area (Å²) >= 11 is 0. The first-order chi connectivity index (χ1) is 11.7. The number of anilines is 1. The van der Waals surface area contributed by atoms with Gasteiger partial charge in [-0.15, -0.1) is 0 Å². The molecule has 0 radical (unpaired) electrons. The van der Waals surface area contributed by atoms with Gasteiger partial charge in [-0.1, -0.05) is 18.2 Å². The van der Waals surface area contributed by atoms with E-state index in [9.17, 15) is 9.59 Å². The molecule has 2 saturated heterocycles. The second-order valence-corrected chi connectivity index (χ2v) is 7.18. The molecular weight excluding hydrogens is 302 g/mol. The van der Waals surface area contributed by atoms with Crippen molar-refractivity contribution in [1.29, 1.82) is 0 Å². The van der Waals surface area contributed by atoms with Gasteiger partial charge < -0.3 is 14.7 Å². The molecule has 1 saturated carbocycles. The molecule has 0 N–H and O–H groups in total. The van der Waals surface area contributed by atoms with Gasteiger partial charge in [0.05, 0.1) is 5.92 Å². The Kier molecular flexibility index (Phi) is 4.17. The van der Waals surface area contributed by atoms with Crippen LogP contribution in [0.15, 0.2) is 30.3 Å². The summed E-state index contributed by atoms with van der Waals surface area (Å²) in [5.41, 5.74) is 1.22. The van der Waals surface area contributed by atoms with E-state index < -0.39 is 0 Å². The molecule has 5 nitrogen and oxygen atoms in total. The molecule has 0 aromatic heterocycles. The van der Waals surface area contributed by atoms with Crippen molar-refractivity contribution in [3.63, 3.8) is 0 Å². The van der Waals surface area contributed by atoms with Gasteiger partial charge in [-0.3, -0.25) is 9.59 Å². The third-order valence-electron chi connectivity index (χ3n) is 5.74. The van der Waals surface area contributed by atoms with Gasteiger partial charge in [-0.25, -0.2) is 0 Å². The molecule has 2 aliphatic heterocycles. The molecule has 128 valence electrons. The Hall–Kier alpha value is -2.04. The molecular formula is C19H25N3O2. The number of rotatable bonds is 3. The predicted molar refractivity (Wildman–Crippen MR) is 92.7 cm³/mol. The normalized spacial score (nSPS) is 25.1. The van der Waals surface area contributed by atoms with Gasteiger partial charge in [0.25, 0.3) is 0 Å². The molecule has 24 heavy (non-hydrogen) atoms. The van der Waals surface area contributed by atoms with Crippen LogP contribution in [-0.4, -0.2) is 60.4 Å². The van der Waals surface area contributed by atoms with Gasteiger partial charge in [-0.05, 0) is 31.4 Å². The first-order valence-electron chi connectivity index (χ1n) is 9.10. The number of nitrogens with zero attached hydrogens (tertiary/aromatic N) is 3. The van der Waals surface area contributed by atoms with Crippen molar-refractivity contribution >= 4 is 17.5 Å².